The van der Waals surface area contributed by atoms with Crippen LogP contribution in [0.5, 0.6) is 0 Å². The number of rotatable bonds is 5. The van der Waals surface area contributed by atoms with Gasteiger partial charge in [-0.05, 0) is 13.0 Å². The van der Waals surface area contributed by atoms with Crippen molar-refractivity contribution in [3.63, 3.8) is 0 Å². The van der Waals surface area contributed by atoms with Gasteiger partial charge in [0.15, 0.2) is 0 Å². The van der Waals surface area contributed by atoms with Gasteiger partial charge in [-0.25, -0.2) is 5.43 Å². The highest BCUT2D eigenvalue weighted by Gasteiger charge is 2.15. The number of nitro benzene ring substituents is 1. The van der Waals surface area contributed by atoms with E-state index in [0.717, 1.165) is 5.56 Å². The molecule has 0 aliphatic heterocycles. The summed E-state index contributed by atoms with van der Waals surface area (Å²) in [6.07, 6.45) is 3.16. The van der Waals surface area contributed by atoms with Crippen LogP contribution in [0.1, 0.15) is 18.1 Å². The Kier molecular flexibility index (Phi) is 4.92. The van der Waals surface area contributed by atoms with Gasteiger partial charge in [0.2, 0.25) is 5.91 Å². The van der Waals surface area contributed by atoms with Crippen LogP contribution < -0.4 is 5.43 Å². The summed E-state index contributed by atoms with van der Waals surface area (Å²) in [6, 6.07) is 9.72. The molecule has 0 saturated heterocycles. The van der Waals surface area contributed by atoms with Crippen molar-refractivity contribution in [2.45, 2.75) is 13.3 Å². The van der Waals surface area contributed by atoms with E-state index >= 15 is 0 Å². The Labute approximate surface area is 126 Å². The van der Waals surface area contributed by atoms with Crippen LogP contribution in [0.4, 0.5) is 5.69 Å². The van der Waals surface area contributed by atoms with E-state index in [9.17, 15) is 14.9 Å². The smallest absolute Gasteiger partial charge is 0.273 e. The second-order valence-electron chi connectivity index (χ2n) is 4.54. The highest BCUT2D eigenvalue weighted by atomic mass is 16.6. The zero-order valence-corrected chi connectivity index (χ0v) is 11.9. The van der Waals surface area contributed by atoms with Gasteiger partial charge < -0.3 is 0 Å². The van der Waals surface area contributed by atoms with Crippen LogP contribution in [0.25, 0.3) is 0 Å². The maximum absolute atomic E-state index is 11.9. The van der Waals surface area contributed by atoms with Crippen LogP contribution in [0, 0.1) is 10.1 Å². The van der Waals surface area contributed by atoms with Gasteiger partial charge in [-0.15, -0.1) is 0 Å². The Morgan fingerprint density at radius 3 is 2.77 bits per heavy atom. The minimum atomic E-state index is -0.507. The molecule has 0 radical (unpaired) electrons. The van der Waals surface area contributed by atoms with Crippen molar-refractivity contribution in [2.75, 3.05) is 0 Å². The van der Waals surface area contributed by atoms with Gasteiger partial charge in [0, 0.05) is 29.6 Å². The molecule has 2 rings (SSSR count). The molecule has 1 aromatic carbocycles. The number of carbonyl (C=O) groups excluding carboxylic acids is 1. The third-order valence-electron chi connectivity index (χ3n) is 2.97. The summed E-state index contributed by atoms with van der Waals surface area (Å²) in [5.74, 6) is -0.419. The van der Waals surface area contributed by atoms with Crippen LogP contribution in [0.2, 0.25) is 0 Å². The van der Waals surface area contributed by atoms with Crippen molar-refractivity contribution in [2.24, 2.45) is 5.10 Å². The number of benzene rings is 1. The fourth-order valence-electron chi connectivity index (χ4n) is 1.84. The largest absolute Gasteiger partial charge is 0.273 e. The monoisotopic (exact) mass is 298 g/mol. The summed E-state index contributed by atoms with van der Waals surface area (Å²) in [5.41, 5.74) is 4.05. The predicted octanol–water partition coefficient (Wildman–Crippen LogP) is 2.07. The average molecular weight is 298 g/mol. The number of amides is 1. The lowest BCUT2D eigenvalue weighted by Gasteiger charge is -2.03. The molecule has 0 aliphatic rings. The summed E-state index contributed by atoms with van der Waals surface area (Å²) in [6.45, 7) is 1.74. The first-order chi connectivity index (χ1) is 10.6. The van der Waals surface area contributed by atoms with E-state index in [0.29, 0.717) is 11.3 Å². The topological polar surface area (TPSA) is 97.5 Å². The summed E-state index contributed by atoms with van der Waals surface area (Å²) in [4.78, 5) is 26.2. The van der Waals surface area contributed by atoms with Crippen molar-refractivity contribution >= 4 is 17.3 Å². The van der Waals surface area contributed by atoms with E-state index in [2.05, 4.69) is 15.5 Å². The van der Waals surface area contributed by atoms with E-state index < -0.39 is 10.8 Å². The molecule has 2 aromatic rings. The van der Waals surface area contributed by atoms with Crippen molar-refractivity contribution in [3.05, 3.63) is 70.0 Å². The molecule has 1 aromatic heterocycles. The maximum Gasteiger partial charge on any atom is 0.273 e. The molecule has 1 heterocycles. The molecule has 1 amide bonds. The summed E-state index contributed by atoms with van der Waals surface area (Å²) >= 11 is 0. The second-order valence-corrected chi connectivity index (χ2v) is 4.54. The molecule has 7 heteroatoms. The third kappa shape index (κ3) is 3.95. The average Bonchev–Trinajstić information content (AvgIpc) is 2.53. The molecule has 1 N–H and O–H groups in total. The van der Waals surface area contributed by atoms with Crippen LogP contribution in [0.3, 0.4) is 0 Å². The number of hydrogen-bond acceptors (Lipinski definition) is 5. The lowest BCUT2D eigenvalue weighted by Crippen LogP contribution is -2.21. The van der Waals surface area contributed by atoms with E-state index in [1.807, 2.05) is 6.07 Å². The summed E-state index contributed by atoms with van der Waals surface area (Å²) < 4.78 is 0. The zero-order valence-electron chi connectivity index (χ0n) is 11.9. The SMILES string of the molecule is CC(=NNC(=O)Cc1ccccc1[N+](=O)[O-])c1cccnc1. The number of nitro groups is 1. The maximum atomic E-state index is 11.9. The lowest BCUT2D eigenvalue weighted by atomic mass is 10.1. The first-order valence-corrected chi connectivity index (χ1v) is 6.53. The molecule has 0 unspecified atom stereocenters. The molecular formula is C15H14N4O3. The van der Waals surface area contributed by atoms with Crippen molar-refractivity contribution in [1.29, 1.82) is 0 Å². The molecular weight excluding hydrogens is 284 g/mol. The van der Waals surface area contributed by atoms with Gasteiger partial charge in [-0.1, -0.05) is 24.3 Å². The quantitative estimate of drug-likeness (QED) is 0.519. The first-order valence-electron chi connectivity index (χ1n) is 6.53. The number of nitrogens with zero attached hydrogens (tertiary/aromatic N) is 3. The number of nitrogens with one attached hydrogen (secondary N) is 1. The van der Waals surface area contributed by atoms with E-state index in [4.69, 9.17) is 0 Å². The molecule has 0 atom stereocenters. The number of aromatic nitrogens is 1. The third-order valence-corrected chi connectivity index (χ3v) is 2.97. The lowest BCUT2D eigenvalue weighted by molar-refractivity contribution is -0.385. The van der Waals surface area contributed by atoms with Gasteiger partial charge in [0.1, 0.15) is 0 Å². The fourth-order valence-corrected chi connectivity index (χ4v) is 1.84. The number of hydrogen-bond donors (Lipinski definition) is 1. The number of pyridine rings is 1. The van der Waals surface area contributed by atoms with Gasteiger partial charge in [-0.3, -0.25) is 19.9 Å². The molecule has 7 nitrogen and oxygen atoms in total. The molecule has 22 heavy (non-hydrogen) atoms. The minimum absolute atomic E-state index is 0.0781. The van der Waals surface area contributed by atoms with Crippen LogP contribution in [-0.4, -0.2) is 21.5 Å². The Morgan fingerprint density at radius 2 is 2.09 bits per heavy atom. The zero-order chi connectivity index (χ0) is 15.9. The number of carbonyl (C=O) groups is 1. The van der Waals surface area contributed by atoms with E-state index in [-0.39, 0.29) is 12.1 Å². The van der Waals surface area contributed by atoms with E-state index in [1.54, 1.807) is 43.6 Å². The van der Waals surface area contributed by atoms with Gasteiger partial charge in [0.05, 0.1) is 17.1 Å². The second kappa shape index (κ2) is 7.07. The molecule has 0 fully saturated rings. The highest BCUT2D eigenvalue weighted by molar-refractivity contribution is 5.99. The van der Waals surface area contributed by atoms with Crippen molar-refractivity contribution in [1.82, 2.24) is 10.4 Å². The molecule has 112 valence electrons. The van der Waals surface area contributed by atoms with Gasteiger partial charge in [0.25, 0.3) is 5.69 Å². The number of para-hydroxylation sites is 1. The first kappa shape index (κ1) is 15.3. The highest BCUT2D eigenvalue weighted by Crippen LogP contribution is 2.17. The molecule has 0 spiro atoms. The Hall–Kier alpha value is -3.09. The predicted molar refractivity (Wildman–Crippen MR) is 81.4 cm³/mol. The summed E-state index contributed by atoms with van der Waals surface area (Å²) in [7, 11) is 0. The van der Waals surface area contributed by atoms with E-state index in [1.165, 1.54) is 6.07 Å². The van der Waals surface area contributed by atoms with Crippen molar-refractivity contribution in [3.8, 4) is 0 Å². The van der Waals surface area contributed by atoms with Gasteiger partial charge in [-0.2, -0.15) is 5.10 Å². The van der Waals surface area contributed by atoms with Gasteiger partial charge >= 0.3 is 0 Å². The Balaban J connectivity index is 2.04. The summed E-state index contributed by atoms with van der Waals surface area (Å²) in [5, 5.41) is 14.9. The van der Waals surface area contributed by atoms with Crippen LogP contribution >= 0.6 is 0 Å². The van der Waals surface area contributed by atoms with Crippen molar-refractivity contribution < 1.29 is 9.72 Å². The number of hydrazone groups is 1. The normalized spacial score (nSPS) is 11.0. The van der Waals surface area contributed by atoms with Crippen LogP contribution in [-0.2, 0) is 11.2 Å². The Bertz CT molecular complexity index is 714. The fraction of sp³-hybridized carbons (Fsp3) is 0.133. The minimum Gasteiger partial charge on any atom is -0.273 e. The molecule has 0 aliphatic carbocycles. The molecule has 0 saturated carbocycles. The van der Waals surface area contributed by atoms with Crippen LogP contribution in [0.15, 0.2) is 53.9 Å². The standard InChI is InChI=1S/C15H14N4O3/c1-11(13-6-4-8-16-10-13)17-18-15(20)9-12-5-2-3-7-14(12)19(21)22/h2-8,10H,9H2,1H3,(H,18,20). The Morgan fingerprint density at radius 1 is 1.32 bits per heavy atom. The molecule has 0 bridgehead atoms.